The Morgan fingerprint density at radius 3 is 2.67 bits per heavy atom. The second kappa shape index (κ2) is 9.90. The van der Waals surface area contributed by atoms with Crippen LogP contribution in [-0.2, 0) is 11.3 Å². The maximum Gasteiger partial charge on any atom is 0.422 e. The molecule has 10 heteroatoms. The van der Waals surface area contributed by atoms with Gasteiger partial charge in [0.1, 0.15) is 0 Å². The fourth-order valence-corrected chi connectivity index (χ4v) is 2.06. The van der Waals surface area contributed by atoms with Crippen molar-refractivity contribution >= 4 is 30.7 Å². The van der Waals surface area contributed by atoms with E-state index in [1.54, 1.807) is 12.1 Å². The Labute approximate surface area is 150 Å². The molecule has 0 radical (unpaired) electrons. The molecule has 1 aromatic rings. The number of halogens is 5. The number of alkyl halides is 3. The third kappa shape index (κ3) is 6.70. The van der Waals surface area contributed by atoms with Crippen LogP contribution in [0.15, 0.2) is 18.3 Å². The van der Waals surface area contributed by atoms with Gasteiger partial charge in [0.25, 0.3) is 0 Å². The minimum absolute atomic E-state index is 0. The molecule has 5 nitrogen and oxygen atoms in total. The van der Waals surface area contributed by atoms with Crippen LogP contribution in [0.25, 0.3) is 0 Å². The number of nitrogens with zero attached hydrogens (tertiary/aromatic N) is 1. The third-order valence-electron chi connectivity index (χ3n) is 3.61. The quantitative estimate of drug-likeness (QED) is 0.783. The summed E-state index contributed by atoms with van der Waals surface area (Å²) in [7, 11) is 0. The van der Waals surface area contributed by atoms with Gasteiger partial charge in [0.15, 0.2) is 6.61 Å². The molecule has 1 aliphatic rings. The largest absolute Gasteiger partial charge is 0.468 e. The van der Waals surface area contributed by atoms with Gasteiger partial charge < -0.3 is 15.4 Å². The van der Waals surface area contributed by atoms with Crippen molar-refractivity contribution in [3.8, 4) is 5.88 Å². The summed E-state index contributed by atoms with van der Waals surface area (Å²) in [6.07, 6.45) is -3.08. The zero-order chi connectivity index (χ0) is 16.2. The van der Waals surface area contributed by atoms with Gasteiger partial charge in [0.2, 0.25) is 11.8 Å². The van der Waals surface area contributed by atoms with Gasteiger partial charge in [-0.3, -0.25) is 4.79 Å². The lowest BCUT2D eigenvalue weighted by atomic mass is 9.88. The number of nitrogens with one attached hydrogen (secondary N) is 2. The van der Waals surface area contributed by atoms with Crippen LogP contribution < -0.4 is 15.4 Å². The highest BCUT2D eigenvalue weighted by atomic mass is 35.5. The fraction of sp³-hybridized carbons (Fsp3) is 0.571. The van der Waals surface area contributed by atoms with Crippen LogP contribution >= 0.6 is 24.8 Å². The van der Waals surface area contributed by atoms with Crippen molar-refractivity contribution in [3.05, 3.63) is 23.9 Å². The molecule has 0 spiro atoms. The molecule has 0 bridgehead atoms. The average molecular weight is 390 g/mol. The van der Waals surface area contributed by atoms with Crippen LogP contribution in [0.5, 0.6) is 5.88 Å². The molecule has 1 atom stereocenters. The van der Waals surface area contributed by atoms with Crippen molar-refractivity contribution in [2.24, 2.45) is 11.8 Å². The maximum atomic E-state index is 12.2. The van der Waals surface area contributed by atoms with E-state index < -0.39 is 12.8 Å². The van der Waals surface area contributed by atoms with Gasteiger partial charge >= 0.3 is 6.18 Å². The molecule has 1 aromatic heterocycles. The van der Waals surface area contributed by atoms with Crippen molar-refractivity contribution in [1.82, 2.24) is 15.6 Å². The van der Waals surface area contributed by atoms with Crippen LogP contribution in [0.2, 0.25) is 0 Å². The summed E-state index contributed by atoms with van der Waals surface area (Å²) < 4.78 is 41.3. The summed E-state index contributed by atoms with van der Waals surface area (Å²) in [5.41, 5.74) is 0.416. The highest BCUT2D eigenvalue weighted by Crippen LogP contribution is 2.20. The van der Waals surface area contributed by atoms with E-state index in [2.05, 4.69) is 20.4 Å². The highest BCUT2D eigenvalue weighted by Gasteiger charge is 2.30. The fourth-order valence-electron chi connectivity index (χ4n) is 2.06. The first-order valence-corrected chi connectivity index (χ1v) is 6.98. The summed E-state index contributed by atoms with van der Waals surface area (Å²) in [4.78, 5) is 15.8. The molecular weight excluding hydrogens is 370 g/mol. The van der Waals surface area contributed by atoms with Crippen LogP contribution in [0.4, 0.5) is 13.2 Å². The molecule has 0 aliphatic carbocycles. The molecule has 138 valence electrons. The number of hydrogen-bond donors (Lipinski definition) is 2. The monoisotopic (exact) mass is 389 g/mol. The lowest BCUT2D eigenvalue weighted by Gasteiger charge is -2.31. The van der Waals surface area contributed by atoms with Gasteiger partial charge in [0.05, 0.1) is 0 Å². The van der Waals surface area contributed by atoms with Gasteiger partial charge in [-0.25, -0.2) is 4.98 Å². The summed E-state index contributed by atoms with van der Waals surface area (Å²) in [6.45, 7) is 2.13. The topological polar surface area (TPSA) is 63.2 Å². The van der Waals surface area contributed by atoms with E-state index in [4.69, 9.17) is 0 Å². The van der Waals surface area contributed by atoms with Gasteiger partial charge in [-0.2, -0.15) is 13.2 Å². The zero-order valence-electron chi connectivity index (χ0n) is 12.9. The molecule has 2 rings (SSSR count). The van der Waals surface area contributed by atoms with Gasteiger partial charge in [-0.1, -0.05) is 13.0 Å². The molecule has 0 saturated carbocycles. The Hall–Kier alpha value is -1.25. The van der Waals surface area contributed by atoms with E-state index in [1.165, 1.54) is 6.20 Å². The minimum atomic E-state index is -4.43. The number of rotatable bonds is 6. The van der Waals surface area contributed by atoms with Crippen molar-refractivity contribution < 1.29 is 22.7 Å². The van der Waals surface area contributed by atoms with Gasteiger partial charge in [-0.15, -0.1) is 24.8 Å². The molecular formula is C14H20Cl2F3N3O2. The number of pyridine rings is 1. The Kier molecular flexibility index (Phi) is 9.39. The number of carbonyl (C=O) groups is 1. The van der Waals surface area contributed by atoms with E-state index in [0.29, 0.717) is 11.5 Å². The average Bonchev–Trinajstić information content (AvgIpc) is 2.40. The number of aromatic nitrogens is 1. The normalized spacial score (nSPS) is 15.3. The standard InChI is InChI=1S/C14H18F3N3O2.2ClH/c1-9(11-5-18-6-11)12(21)20-7-10-3-2-4-19-13(10)22-8-14(15,16)17;;/h2-4,9,11,18H,5-8H2,1H3,(H,20,21);2*1H. The lowest BCUT2D eigenvalue weighted by Crippen LogP contribution is -2.49. The molecule has 1 amide bonds. The third-order valence-corrected chi connectivity index (χ3v) is 3.61. The van der Waals surface area contributed by atoms with Crippen LogP contribution in [0.1, 0.15) is 12.5 Å². The first kappa shape index (κ1) is 22.8. The van der Waals surface area contributed by atoms with E-state index in [0.717, 1.165) is 13.1 Å². The molecule has 1 fully saturated rings. The summed E-state index contributed by atoms with van der Waals surface area (Å²) in [5.74, 6) is -0.0810. The van der Waals surface area contributed by atoms with Crippen LogP contribution in [0.3, 0.4) is 0 Å². The molecule has 24 heavy (non-hydrogen) atoms. The Balaban J connectivity index is 0.00000264. The van der Waals surface area contributed by atoms with E-state index in [9.17, 15) is 18.0 Å². The van der Waals surface area contributed by atoms with Crippen LogP contribution in [0, 0.1) is 11.8 Å². The summed E-state index contributed by atoms with van der Waals surface area (Å²) >= 11 is 0. The summed E-state index contributed by atoms with van der Waals surface area (Å²) in [5, 5.41) is 5.81. The molecule has 2 N–H and O–H groups in total. The number of ether oxygens (including phenoxy) is 1. The molecule has 1 saturated heterocycles. The van der Waals surface area contributed by atoms with Crippen molar-refractivity contribution in [1.29, 1.82) is 0 Å². The second-order valence-electron chi connectivity index (χ2n) is 5.30. The minimum Gasteiger partial charge on any atom is -0.468 e. The van der Waals surface area contributed by atoms with Crippen LogP contribution in [-0.4, -0.2) is 36.8 Å². The first-order valence-electron chi connectivity index (χ1n) is 6.98. The second-order valence-corrected chi connectivity index (χ2v) is 5.30. The van der Waals surface area contributed by atoms with E-state index >= 15 is 0 Å². The van der Waals surface area contributed by atoms with Crippen molar-refractivity contribution in [2.45, 2.75) is 19.6 Å². The Bertz CT molecular complexity index is 528. The predicted octanol–water partition coefficient (Wildman–Crippen LogP) is 2.34. The molecule has 1 aliphatic heterocycles. The predicted molar refractivity (Wildman–Crippen MR) is 87.7 cm³/mol. The van der Waals surface area contributed by atoms with Crippen molar-refractivity contribution in [2.75, 3.05) is 19.7 Å². The number of carbonyl (C=O) groups excluding carboxylic acids is 1. The molecule has 0 aromatic carbocycles. The zero-order valence-corrected chi connectivity index (χ0v) is 14.6. The summed E-state index contributed by atoms with van der Waals surface area (Å²) in [6, 6.07) is 3.16. The SMILES string of the molecule is CC(C(=O)NCc1cccnc1OCC(F)(F)F)C1CNC1.Cl.Cl. The van der Waals surface area contributed by atoms with Gasteiger partial charge in [-0.05, 0) is 25.1 Å². The molecule has 1 unspecified atom stereocenters. The molecule has 2 heterocycles. The number of hydrogen-bond acceptors (Lipinski definition) is 4. The lowest BCUT2D eigenvalue weighted by molar-refractivity contribution is -0.154. The van der Waals surface area contributed by atoms with Gasteiger partial charge in [0, 0.05) is 24.2 Å². The Morgan fingerprint density at radius 1 is 1.46 bits per heavy atom. The van der Waals surface area contributed by atoms with E-state index in [-0.39, 0.29) is 49.1 Å². The van der Waals surface area contributed by atoms with Crippen molar-refractivity contribution in [3.63, 3.8) is 0 Å². The van der Waals surface area contributed by atoms with E-state index in [1.807, 2.05) is 6.92 Å². The smallest absolute Gasteiger partial charge is 0.422 e. The number of amides is 1. The highest BCUT2D eigenvalue weighted by molar-refractivity contribution is 5.85. The maximum absolute atomic E-state index is 12.2. The first-order chi connectivity index (χ1) is 10.4. The Morgan fingerprint density at radius 2 is 2.12 bits per heavy atom.